The van der Waals surface area contributed by atoms with Crippen molar-refractivity contribution >= 4 is 17.3 Å². The zero-order valence-electron chi connectivity index (χ0n) is 16.6. The summed E-state index contributed by atoms with van der Waals surface area (Å²) in [5.41, 5.74) is 4.54. The van der Waals surface area contributed by atoms with E-state index in [1.807, 2.05) is 12.1 Å². The first-order valence-corrected chi connectivity index (χ1v) is 10.5. The van der Waals surface area contributed by atoms with E-state index in [0.29, 0.717) is 25.5 Å². The molecule has 0 spiro atoms. The van der Waals surface area contributed by atoms with Gasteiger partial charge in [-0.25, -0.2) is 0 Å². The van der Waals surface area contributed by atoms with Crippen LogP contribution in [0, 0.1) is 6.92 Å². The van der Waals surface area contributed by atoms with Gasteiger partial charge in [0.05, 0.1) is 23.5 Å². The summed E-state index contributed by atoms with van der Waals surface area (Å²) in [5, 5.41) is 11.1. The van der Waals surface area contributed by atoms with Crippen LogP contribution in [0.4, 0.5) is 0 Å². The number of nitrogens with zero attached hydrogens (tertiary/aromatic N) is 1. The molecule has 148 valence electrons. The second-order valence-corrected chi connectivity index (χ2v) is 8.22. The zero-order valence-corrected chi connectivity index (χ0v) is 17.5. The van der Waals surface area contributed by atoms with Gasteiger partial charge in [-0.1, -0.05) is 32.0 Å². The standard InChI is InChI=1S/C23H27NO3S/c1-16(2)19-9-6-17(3)15-21(19)27-13-12-24-18(8-11-23(25)26)7-10-20(24)22-5-4-14-28-22/h4-7,9-10,14-16H,8,11-13H2,1-3H3,(H,25,26). The van der Waals surface area contributed by atoms with Crippen LogP contribution in [-0.2, 0) is 17.8 Å². The number of rotatable bonds is 9. The fraction of sp³-hybridized carbons (Fsp3) is 0.348. The number of aromatic nitrogens is 1. The Morgan fingerprint density at radius 2 is 2.04 bits per heavy atom. The highest BCUT2D eigenvalue weighted by molar-refractivity contribution is 7.13. The first-order chi connectivity index (χ1) is 13.5. The highest BCUT2D eigenvalue weighted by atomic mass is 32.1. The molecule has 28 heavy (non-hydrogen) atoms. The normalized spacial score (nSPS) is 11.1. The third kappa shape index (κ3) is 4.84. The third-order valence-electron chi connectivity index (χ3n) is 4.80. The molecule has 2 aromatic heterocycles. The molecule has 3 rings (SSSR count). The molecule has 0 aliphatic rings. The molecule has 0 unspecified atom stereocenters. The van der Waals surface area contributed by atoms with Crippen LogP contribution >= 0.6 is 11.3 Å². The van der Waals surface area contributed by atoms with Gasteiger partial charge in [0.2, 0.25) is 0 Å². The maximum absolute atomic E-state index is 11.0. The molecular weight excluding hydrogens is 370 g/mol. The van der Waals surface area contributed by atoms with E-state index in [-0.39, 0.29) is 6.42 Å². The molecule has 0 aliphatic heterocycles. The van der Waals surface area contributed by atoms with E-state index in [1.165, 1.54) is 16.0 Å². The first-order valence-electron chi connectivity index (χ1n) is 9.63. The molecule has 3 aromatic rings. The van der Waals surface area contributed by atoms with Gasteiger partial charge in [-0.3, -0.25) is 4.79 Å². The molecule has 2 heterocycles. The van der Waals surface area contributed by atoms with Crippen molar-refractivity contribution in [1.82, 2.24) is 4.57 Å². The Bertz CT molecular complexity index is 925. The van der Waals surface area contributed by atoms with Crippen LogP contribution in [0.2, 0.25) is 0 Å². The van der Waals surface area contributed by atoms with E-state index < -0.39 is 5.97 Å². The monoisotopic (exact) mass is 397 g/mol. The summed E-state index contributed by atoms with van der Waals surface area (Å²) < 4.78 is 8.37. The molecule has 0 saturated carbocycles. The van der Waals surface area contributed by atoms with Crippen molar-refractivity contribution in [3.63, 3.8) is 0 Å². The highest BCUT2D eigenvalue weighted by Gasteiger charge is 2.13. The molecule has 0 aliphatic carbocycles. The number of carbonyl (C=O) groups is 1. The van der Waals surface area contributed by atoms with Gasteiger partial charge in [-0.05, 0) is 60.0 Å². The van der Waals surface area contributed by atoms with Crippen molar-refractivity contribution in [3.05, 3.63) is 64.7 Å². The van der Waals surface area contributed by atoms with Gasteiger partial charge in [0.25, 0.3) is 0 Å². The molecule has 0 amide bonds. The molecule has 1 N–H and O–H groups in total. The lowest BCUT2D eigenvalue weighted by Gasteiger charge is -2.17. The van der Waals surface area contributed by atoms with E-state index >= 15 is 0 Å². The van der Waals surface area contributed by atoms with E-state index in [9.17, 15) is 4.79 Å². The van der Waals surface area contributed by atoms with Gasteiger partial charge >= 0.3 is 5.97 Å². The van der Waals surface area contributed by atoms with Crippen LogP contribution in [0.1, 0.15) is 43.0 Å². The third-order valence-corrected chi connectivity index (χ3v) is 5.70. The lowest BCUT2D eigenvalue weighted by atomic mass is 10.0. The number of thiophene rings is 1. The molecule has 0 saturated heterocycles. The van der Waals surface area contributed by atoms with Crippen molar-refractivity contribution in [2.45, 2.75) is 46.1 Å². The zero-order chi connectivity index (χ0) is 20.1. The van der Waals surface area contributed by atoms with Gasteiger partial charge in [0.1, 0.15) is 12.4 Å². The lowest BCUT2D eigenvalue weighted by molar-refractivity contribution is -0.136. The molecule has 0 radical (unpaired) electrons. The van der Waals surface area contributed by atoms with Gasteiger partial charge in [-0.15, -0.1) is 11.3 Å². The average Bonchev–Trinajstić information content (AvgIpc) is 3.29. The predicted molar refractivity (Wildman–Crippen MR) is 114 cm³/mol. The van der Waals surface area contributed by atoms with E-state index in [1.54, 1.807) is 11.3 Å². The fourth-order valence-electron chi connectivity index (χ4n) is 3.36. The summed E-state index contributed by atoms with van der Waals surface area (Å²) in [6.07, 6.45) is 0.645. The Kier molecular flexibility index (Phi) is 6.57. The summed E-state index contributed by atoms with van der Waals surface area (Å²) in [5.74, 6) is 0.560. The van der Waals surface area contributed by atoms with Crippen LogP contribution in [0.3, 0.4) is 0 Å². The Hall–Kier alpha value is -2.53. The van der Waals surface area contributed by atoms with Gasteiger partial charge in [-0.2, -0.15) is 0 Å². The summed E-state index contributed by atoms with van der Waals surface area (Å²) in [7, 11) is 0. The van der Waals surface area contributed by atoms with Crippen molar-refractivity contribution in [3.8, 4) is 16.3 Å². The van der Waals surface area contributed by atoms with E-state index in [0.717, 1.165) is 17.1 Å². The Morgan fingerprint density at radius 1 is 1.21 bits per heavy atom. The molecule has 4 nitrogen and oxygen atoms in total. The number of aliphatic carboxylic acids is 1. The van der Waals surface area contributed by atoms with Crippen molar-refractivity contribution in [2.75, 3.05) is 6.61 Å². The molecule has 5 heteroatoms. The van der Waals surface area contributed by atoms with Crippen LogP contribution in [0.15, 0.2) is 47.8 Å². The maximum Gasteiger partial charge on any atom is 0.303 e. The minimum Gasteiger partial charge on any atom is -0.491 e. The number of carboxylic acids is 1. The minimum absolute atomic E-state index is 0.129. The quantitative estimate of drug-likeness (QED) is 0.500. The second kappa shape index (κ2) is 9.11. The molecule has 1 aromatic carbocycles. The van der Waals surface area contributed by atoms with Gasteiger partial charge in [0, 0.05) is 5.69 Å². The fourth-order valence-corrected chi connectivity index (χ4v) is 4.12. The Labute approximate surface area is 170 Å². The van der Waals surface area contributed by atoms with E-state index in [4.69, 9.17) is 9.84 Å². The van der Waals surface area contributed by atoms with Crippen LogP contribution in [-0.4, -0.2) is 22.2 Å². The van der Waals surface area contributed by atoms with Crippen LogP contribution in [0.5, 0.6) is 5.75 Å². The molecule has 0 bridgehead atoms. The number of carboxylic acid groups (broad SMARTS) is 1. The minimum atomic E-state index is -0.775. The predicted octanol–water partition coefficient (Wildman–Crippen LogP) is 5.74. The summed E-state index contributed by atoms with van der Waals surface area (Å²) >= 11 is 1.69. The Balaban J connectivity index is 1.79. The van der Waals surface area contributed by atoms with Crippen LogP contribution < -0.4 is 4.74 Å². The van der Waals surface area contributed by atoms with Crippen molar-refractivity contribution < 1.29 is 14.6 Å². The summed E-state index contributed by atoms with van der Waals surface area (Å²) in [6, 6.07) is 14.6. The number of hydrogen-bond donors (Lipinski definition) is 1. The highest BCUT2D eigenvalue weighted by Crippen LogP contribution is 2.29. The van der Waals surface area contributed by atoms with Gasteiger partial charge < -0.3 is 14.4 Å². The number of aryl methyl sites for hydroxylation is 2. The van der Waals surface area contributed by atoms with Crippen molar-refractivity contribution in [2.24, 2.45) is 0 Å². The summed E-state index contributed by atoms with van der Waals surface area (Å²) in [6.45, 7) is 7.63. The number of hydrogen-bond acceptors (Lipinski definition) is 3. The van der Waals surface area contributed by atoms with Crippen molar-refractivity contribution in [1.29, 1.82) is 0 Å². The van der Waals surface area contributed by atoms with Crippen LogP contribution in [0.25, 0.3) is 10.6 Å². The molecular formula is C23H27NO3S. The first kappa shape index (κ1) is 20.2. The van der Waals surface area contributed by atoms with E-state index in [2.05, 4.69) is 61.1 Å². The SMILES string of the molecule is Cc1ccc(C(C)C)c(OCCn2c(CCC(=O)O)ccc2-c2cccs2)c1. The molecule has 0 atom stereocenters. The number of ether oxygens (including phenoxy) is 1. The number of benzene rings is 1. The van der Waals surface area contributed by atoms with Gasteiger partial charge in [0.15, 0.2) is 0 Å². The lowest BCUT2D eigenvalue weighted by Crippen LogP contribution is -2.13. The average molecular weight is 398 g/mol. The summed E-state index contributed by atoms with van der Waals surface area (Å²) in [4.78, 5) is 12.2. The maximum atomic E-state index is 11.0. The largest absolute Gasteiger partial charge is 0.491 e. The molecule has 0 fully saturated rings. The second-order valence-electron chi connectivity index (χ2n) is 7.28. The topological polar surface area (TPSA) is 51.5 Å². The smallest absolute Gasteiger partial charge is 0.303 e. The Morgan fingerprint density at radius 3 is 2.71 bits per heavy atom.